The number of primary amides is 1. The summed E-state index contributed by atoms with van der Waals surface area (Å²) in [6, 6.07) is 6.45. The van der Waals surface area contributed by atoms with Crippen LogP contribution in [-0.4, -0.2) is 60.2 Å². The van der Waals surface area contributed by atoms with Crippen LogP contribution in [0, 0.1) is 25.2 Å². The SMILES string of the molecule is Cc1cc(C)cc(C2CC(C(N)=O)CCN2CC(=O)N2CCC3(CCNC3=O)CC2)c1. The maximum atomic E-state index is 13.2. The summed E-state index contributed by atoms with van der Waals surface area (Å²) in [4.78, 5) is 41.4. The van der Waals surface area contributed by atoms with Crippen LogP contribution in [0.1, 0.15) is 54.8 Å². The zero-order chi connectivity index (χ0) is 22.2. The van der Waals surface area contributed by atoms with Crippen LogP contribution >= 0.6 is 0 Å². The second kappa shape index (κ2) is 8.61. The maximum Gasteiger partial charge on any atom is 0.236 e. The lowest BCUT2D eigenvalue weighted by atomic mass is 9.77. The van der Waals surface area contributed by atoms with Crippen molar-refractivity contribution in [1.82, 2.24) is 15.1 Å². The summed E-state index contributed by atoms with van der Waals surface area (Å²) in [5.74, 6) is -0.146. The second-order valence-electron chi connectivity index (χ2n) is 9.70. The molecule has 0 radical (unpaired) electrons. The zero-order valence-electron chi connectivity index (χ0n) is 18.7. The monoisotopic (exact) mass is 426 g/mol. The van der Waals surface area contributed by atoms with Gasteiger partial charge in [0.1, 0.15) is 0 Å². The Morgan fingerprint density at radius 3 is 2.35 bits per heavy atom. The van der Waals surface area contributed by atoms with Crippen LogP contribution < -0.4 is 11.1 Å². The van der Waals surface area contributed by atoms with E-state index in [0.717, 1.165) is 31.4 Å². The van der Waals surface area contributed by atoms with Gasteiger partial charge in [0, 0.05) is 38.1 Å². The quantitative estimate of drug-likeness (QED) is 0.766. The van der Waals surface area contributed by atoms with Gasteiger partial charge in [-0.3, -0.25) is 19.3 Å². The van der Waals surface area contributed by atoms with Gasteiger partial charge in [0.05, 0.1) is 12.0 Å². The molecule has 3 fully saturated rings. The number of nitrogens with one attached hydrogen (secondary N) is 1. The Hall–Kier alpha value is -2.41. The largest absolute Gasteiger partial charge is 0.369 e. The van der Waals surface area contributed by atoms with E-state index in [1.807, 2.05) is 4.90 Å². The predicted molar refractivity (Wildman–Crippen MR) is 118 cm³/mol. The molecule has 2 atom stereocenters. The van der Waals surface area contributed by atoms with Crippen molar-refractivity contribution in [2.75, 3.05) is 32.7 Å². The first-order chi connectivity index (χ1) is 14.8. The minimum Gasteiger partial charge on any atom is -0.369 e. The van der Waals surface area contributed by atoms with Crippen molar-refractivity contribution >= 4 is 17.7 Å². The molecule has 3 heterocycles. The summed E-state index contributed by atoms with van der Waals surface area (Å²) >= 11 is 0. The molecule has 0 bridgehead atoms. The number of hydrogen-bond acceptors (Lipinski definition) is 4. The highest BCUT2D eigenvalue weighted by molar-refractivity contribution is 5.85. The Bertz CT molecular complexity index is 855. The summed E-state index contributed by atoms with van der Waals surface area (Å²) in [5, 5.41) is 2.95. The Labute approximate surface area is 184 Å². The third-order valence-corrected chi connectivity index (χ3v) is 7.53. The summed E-state index contributed by atoms with van der Waals surface area (Å²) < 4.78 is 0. The smallest absolute Gasteiger partial charge is 0.236 e. The molecule has 0 aromatic heterocycles. The first-order valence-corrected chi connectivity index (χ1v) is 11.4. The van der Waals surface area contributed by atoms with Gasteiger partial charge in [0.2, 0.25) is 17.7 Å². The van der Waals surface area contributed by atoms with E-state index in [0.29, 0.717) is 39.0 Å². The van der Waals surface area contributed by atoms with Crippen LogP contribution in [-0.2, 0) is 14.4 Å². The topological polar surface area (TPSA) is 95.7 Å². The molecule has 3 aliphatic rings. The summed E-state index contributed by atoms with van der Waals surface area (Å²) in [6.45, 7) is 7.18. The first-order valence-electron chi connectivity index (χ1n) is 11.4. The van der Waals surface area contributed by atoms with Crippen molar-refractivity contribution in [2.45, 2.75) is 52.0 Å². The lowest BCUT2D eigenvalue weighted by molar-refractivity contribution is -0.140. The van der Waals surface area contributed by atoms with Gasteiger partial charge in [-0.15, -0.1) is 0 Å². The minimum atomic E-state index is -0.266. The molecule has 1 aromatic rings. The number of rotatable bonds is 4. The number of amides is 3. The van der Waals surface area contributed by atoms with E-state index < -0.39 is 0 Å². The fourth-order valence-corrected chi connectivity index (χ4v) is 5.66. The molecule has 3 amide bonds. The molecular formula is C24H34N4O3. The van der Waals surface area contributed by atoms with Gasteiger partial charge in [-0.2, -0.15) is 0 Å². The van der Waals surface area contributed by atoms with Crippen LogP contribution in [0.5, 0.6) is 0 Å². The van der Waals surface area contributed by atoms with Crippen molar-refractivity contribution in [3.8, 4) is 0 Å². The van der Waals surface area contributed by atoms with Gasteiger partial charge < -0.3 is 16.0 Å². The molecule has 168 valence electrons. The zero-order valence-corrected chi connectivity index (χ0v) is 18.7. The predicted octanol–water partition coefficient (Wildman–Crippen LogP) is 1.67. The van der Waals surface area contributed by atoms with E-state index in [1.54, 1.807) is 0 Å². The molecule has 1 spiro atoms. The van der Waals surface area contributed by atoms with Crippen molar-refractivity contribution < 1.29 is 14.4 Å². The number of nitrogens with zero attached hydrogens (tertiary/aromatic N) is 2. The highest BCUT2D eigenvalue weighted by Crippen LogP contribution is 2.39. The van der Waals surface area contributed by atoms with Gasteiger partial charge in [0.15, 0.2) is 0 Å². The van der Waals surface area contributed by atoms with E-state index in [-0.39, 0.29) is 35.1 Å². The number of carbonyl (C=O) groups excluding carboxylic acids is 3. The molecule has 7 nitrogen and oxygen atoms in total. The van der Waals surface area contributed by atoms with E-state index >= 15 is 0 Å². The summed E-state index contributed by atoms with van der Waals surface area (Å²) in [6.07, 6.45) is 3.70. The molecule has 0 aliphatic carbocycles. The highest BCUT2D eigenvalue weighted by atomic mass is 16.2. The van der Waals surface area contributed by atoms with Crippen molar-refractivity contribution in [3.05, 3.63) is 34.9 Å². The lowest BCUT2D eigenvalue weighted by Gasteiger charge is -2.41. The average molecular weight is 427 g/mol. The van der Waals surface area contributed by atoms with Crippen LogP contribution in [0.2, 0.25) is 0 Å². The molecular weight excluding hydrogens is 392 g/mol. The van der Waals surface area contributed by atoms with E-state index in [4.69, 9.17) is 5.73 Å². The van der Waals surface area contributed by atoms with Gasteiger partial charge in [0.25, 0.3) is 0 Å². The van der Waals surface area contributed by atoms with Crippen LogP contribution in [0.3, 0.4) is 0 Å². The summed E-state index contributed by atoms with van der Waals surface area (Å²) in [5.41, 5.74) is 8.88. The molecule has 0 saturated carbocycles. The van der Waals surface area contributed by atoms with Crippen molar-refractivity contribution in [3.63, 3.8) is 0 Å². The number of nitrogens with two attached hydrogens (primary N) is 1. The third kappa shape index (κ3) is 4.47. The van der Waals surface area contributed by atoms with E-state index in [9.17, 15) is 14.4 Å². The van der Waals surface area contributed by atoms with Gasteiger partial charge in [-0.1, -0.05) is 29.3 Å². The number of hydrogen-bond donors (Lipinski definition) is 2. The number of benzene rings is 1. The lowest BCUT2D eigenvalue weighted by Crippen LogP contribution is -2.50. The summed E-state index contributed by atoms with van der Waals surface area (Å²) in [7, 11) is 0. The number of piperidine rings is 2. The van der Waals surface area contributed by atoms with Crippen LogP contribution in [0.4, 0.5) is 0 Å². The highest BCUT2D eigenvalue weighted by Gasteiger charge is 2.45. The molecule has 1 aromatic carbocycles. The van der Waals surface area contributed by atoms with E-state index in [1.165, 1.54) is 11.1 Å². The van der Waals surface area contributed by atoms with Crippen molar-refractivity contribution in [1.29, 1.82) is 0 Å². The van der Waals surface area contributed by atoms with Crippen LogP contribution in [0.25, 0.3) is 0 Å². The first kappa shape index (κ1) is 21.8. The molecule has 3 aliphatic heterocycles. The maximum absolute atomic E-state index is 13.2. The molecule has 3 N–H and O–H groups in total. The van der Waals surface area contributed by atoms with E-state index in [2.05, 4.69) is 42.3 Å². The average Bonchev–Trinajstić information content (AvgIpc) is 3.07. The van der Waals surface area contributed by atoms with Crippen LogP contribution in [0.15, 0.2) is 18.2 Å². The molecule has 31 heavy (non-hydrogen) atoms. The fraction of sp³-hybridized carbons (Fsp3) is 0.625. The molecule has 2 unspecified atom stereocenters. The second-order valence-corrected chi connectivity index (χ2v) is 9.70. The minimum absolute atomic E-state index is 0.00513. The third-order valence-electron chi connectivity index (χ3n) is 7.53. The number of aryl methyl sites for hydroxylation is 2. The normalized spacial score (nSPS) is 26.1. The van der Waals surface area contributed by atoms with Gasteiger partial charge in [-0.25, -0.2) is 0 Å². The molecule has 7 heteroatoms. The van der Waals surface area contributed by atoms with Crippen molar-refractivity contribution in [2.24, 2.45) is 17.1 Å². The Morgan fingerprint density at radius 2 is 1.77 bits per heavy atom. The Kier molecular flexibility index (Phi) is 6.06. The standard InChI is InChI=1S/C24H34N4O3/c1-16-11-17(2)13-19(12-16)20-14-18(22(25)30)3-8-28(20)15-21(29)27-9-5-24(6-10-27)4-7-26-23(24)31/h11-13,18,20H,3-10,14-15H2,1-2H3,(H2,25,30)(H,26,31). The molecule has 3 saturated heterocycles. The fourth-order valence-electron chi connectivity index (χ4n) is 5.66. The molecule has 4 rings (SSSR count). The Balaban J connectivity index is 1.46. The number of likely N-dealkylation sites (tertiary alicyclic amines) is 2. The number of carbonyl (C=O) groups is 3. The van der Waals surface area contributed by atoms with Gasteiger partial charge >= 0.3 is 0 Å². The van der Waals surface area contributed by atoms with Gasteiger partial charge in [-0.05, 0) is 51.5 Å². The Morgan fingerprint density at radius 1 is 1.10 bits per heavy atom.